The minimum Gasteiger partial charge on any atom is -0.497 e. The zero-order chi connectivity index (χ0) is 18.4. The highest BCUT2D eigenvalue weighted by atomic mass is 79.9. The predicted molar refractivity (Wildman–Crippen MR) is 93.9 cm³/mol. The molecule has 132 valence electrons. The van der Waals surface area contributed by atoms with Crippen LogP contribution in [0, 0.1) is 5.82 Å². The maximum atomic E-state index is 14.1. The van der Waals surface area contributed by atoms with Gasteiger partial charge in [0.25, 0.3) is 5.91 Å². The van der Waals surface area contributed by atoms with E-state index in [9.17, 15) is 14.0 Å². The second-order valence-electron chi connectivity index (χ2n) is 5.20. The van der Waals surface area contributed by atoms with Crippen LogP contribution in [0.2, 0.25) is 0 Å². The molecule has 1 unspecified atom stereocenters. The lowest BCUT2D eigenvalue weighted by molar-refractivity contribution is -0.141. The van der Waals surface area contributed by atoms with E-state index in [0.29, 0.717) is 11.3 Å². The second kappa shape index (κ2) is 8.62. The van der Waals surface area contributed by atoms with E-state index < -0.39 is 23.7 Å². The van der Waals surface area contributed by atoms with Crippen LogP contribution >= 0.6 is 15.9 Å². The summed E-state index contributed by atoms with van der Waals surface area (Å²) in [4.78, 5) is 24.1. The van der Waals surface area contributed by atoms with Gasteiger partial charge < -0.3 is 14.8 Å². The Kier molecular flexibility index (Phi) is 6.52. The van der Waals surface area contributed by atoms with Crippen LogP contribution < -0.4 is 10.1 Å². The van der Waals surface area contributed by atoms with Gasteiger partial charge in [-0.2, -0.15) is 0 Å². The van der Waals surface area contributed by atoms with Crippen molar-refractivity contribution in [3.8, 4) is 5.75 Å². The number of ether oxygens (including phenoxy) is 2. The molecule has 0 bridgehead atoms. The molecule has 1 amide bonds. The van der Waals surface area contributed by atoms with Crippen molar-refractivity contribution >= 4 is 27.8 Å². The van der Waals surface area contributed by atoms with Gasteiger partial charge in [-0.1, -0.05) is 28.1 Å². The molecule has 0 aliphatic rings. The Labute approximate surface area is 153 Å². The summed E-state index contributed by atoms with van der Waals surface area (Å²) in [7, 11) is 2.68. The van der Waals surface area contributed by atoms with Gasteiger partial charge in [-0.05, 0) is 29.8 Å². The fraction of sp³-hybridized carbons (Fsp3) is 0.222. The lowest BCUT2D eigenvalue weighted by Crippen LogP contribution is -2.31. The molecule has 0 saturated heterocycles. The van der Waals surface area contributed by atoms with Crippen LogP contribution in [-0.4, -0.2) is 26.1 Å². The zero-order valence-corrected chi connectivity index (χ0v) is 15.3. The number of halogens is 2. The molecule has 25 heavy (non-hydrogen) atoms. The third kappa shape index (κ3) is 5.03. The van der Waals surface area contributed by atoms with E-state index in [1.807, 2.05) is 0 Å². The molecule has 0 fully saturated rings. The monoisotopic (exact) mass is 409 g/mol. The molecule has 0 saturated carbocycles. The summed E-state index contributed by atoms with van der Waals surface area (Å²) < 4.78 is 24.5. The van der Waals surface area contributed by atoms with Crippen molar-refractivity contribution < 1.29 is 23.5 Å². The van der Waals surface area contributed by atoms with Gasteiger partial charge in [0.15, 0.2) is 0 Å². The molecule has 0 spiro atoms. The van der Waals surface area contributed by atoms with Crippen LogP contribution in [0.3, 0.4) is 0 Å². The number of amides is 1. The quantitative estimate of drug-likeness (QED) is 0.739. The number of carbonyl (C=O) groups excluding carboxylic acids is 2. The molecule has 2 aromatic carbocycles. The highest BCUT2D eigenvalue weighted by molar-refractivity contribution is 9.10. The van der Waals surface area contributed by atoms with Gasteiger partial charge in [0.2, 0.25) is 0 Å². The first-order valence-corrected chi connectivity index (χ1v) is 8.20. The lowest BCUT2D eigenvalue weighted by Gasteiger charge is -2.19. The van der Waals surface area contributed by atoms with Crippen molar-refractivity contribution in [3.05, 3.63) is 63.9 Å². The molecule has 2 rings (SSSR count). The Morgan fingerprint density at radius 1 is 1.16 bits per heavy atom. The van der Waals surface area contributed by atoms with Crippen LogP contribution in [-0.2, 0) is 9.53 Å². The lowest BCUT2D eigenvalue weighted by atomic mass is 10.0. The fourth-order valence-corrected chi connectivity index (χ4v) is 2.50. The van der Waals surface area contributed by atoms with Gasteiger partial charge in [0, 0.05) is 10.5 Å². The van der Waals surface area contributed by atoms with Crippen molar-refractivity contribution in [3.63, 3.8) is 0 Å². The van der Waals surface area contributed by atoms with Gasteiger partial charge in [-0.15, -0.1) is 0 Å². The van der Waals surface area contributed by atoms with E-state index >= 15 is 0 Å². The van der Waals surface area contributed by atoms with E-state index in [1.54, 1.807) is 24.3 Å². The standard InChI is InChI=1S/C18H17BrFNO4/c1-24-13-7-8-14(15(20)9-13)18(23)21-16(10-17(22)25-2)11-3-5-12(19)6-4-11/h3-9,16H,10H2,1-2H3,(H,21,23). The molecule has 2 aromatic rings. The Morgan fingerprint density at radius 2 is 1.84 bits per heavy atom. The van der Waals surface area contributed by atoms with Crippen LogP contribution in [0.4, 0.5) is 4.39 Å². The Bertz CT molecular complexity index is 764. The molecular formula is C18H17BrFNO4. The number of nitrogens with one attached hydrogen (secondary N) is 1. The minimum absolute atomic E-state index is 0.0678. The van der Waals surface area contributed by atoms with Gasteiger partial charge >= 0.3 is 5.97 Å². The molecule has 0 radical (unpaired) electrons. The van der Waals surface area contributed by atoms with E-state index in [0.717, 1.165) is 10.5 Å². The summed E-state index contributed by atoms with van der Waals surface area (Å²) in [6, 6.07) is 10.4. The maximum absolute atomic E-state index is 14.1. The SMILES string of the molecule is COC(=O)CC(NC(=O)c1ccc(OC)cc1F)c1ccc(Br)cc1. The van der Waals surface area contributed by atoms with Crippen LogP contribution in [0.5, 0.6) is 5.75 Å². The molecule has 0 aliphatic heterocycles. The molecule has 0 aromatic heterocycles. The number of esters is 1. The first-order valence-electron chi connectivity index (χ1n) is 7.41. The summed E-state index contributed by atoms with van der Waals surface area (Å²) in [6.45, 7) is 0. The fourth-order valence-electron chi connectivity index (χ4n) is 2.24. The summed E-state index contributed by atoms with van der Waals surface area (Å²) in [5.41, 5.74) is 0.573. The Balaban J connectivity index is 2.24. The number of hydrogen-bond acceptors (Lipinski definition) is 4. The summed E-state index contributed by atoms with van der Waals surface area (Å²) in [5, 5.41) is 2.68. The van der Waals surface area contributed by atoms with E-state index in [-0.39, 0.29) is 12.0 Å². The number of methoxy groups -OCH3 is 2. The van der Waals surface area contributed by atoms with Crippen molar-refractivity contribution in [1.29, 1.82) is 0 Å². The highest BCUT2D eigenvalue weighted by Crippen LogP contribution is 2.22. The third-order valence-electron chi connectivity index (χ3n) is 3.60. The Morgan fingerprint density at radius 3 is 2.40 bits per heavy atom. The van der Waals surface area contributed by atoms with Crippen molar-refractivity contribution in [2.75, 3.05) is 14.2 Å². The molecule has 7 heteroatoms. The average Bonchev–Trinajstić information content (AvgIpc) is 2.61. The van der Waals surface area contributed by atoms with Crippen LogP contribution in [0.1, 0.15) is 28.4 Å². The average molecular weight is 410 g/mol. The Hall–Kier alpha value is -2.41. The summed E-state index contributed by atoms with van der Waals surface area (Å²) >= 11 is 3.33. The predicted octanol–water partition coefficient (Wildman–Crippen LogP) is 3.63. The number of hydrogen-bond donors (Lipinski definition) is 1. The van der Waals surface area contributed by atoms with Crippen LogP contribution in [0.25, 0.3) is 0 Å². The number of benzene rings is 2. The van der Waals surface area contributed by atoms with Crippen molar-refractivity contribution in [1.82, 2.24) is 5.32 Å². The van der Waals surface area contributed by atoms with E-state index in [2.05, 4.69) is 26.0 Å². The van der Waals surface area contributed by atoms with E-state index in [1.165, 1.54) is 26.4 Å². The first-order chi connectivity index (χ1) is 11.9. The van der Waals surface area contributed by atoms with Gasteiger partial charge in [0.05, 0.1) is 32.2 Å². The normalized spacial score (nSPS) is 11.5. The topological polar surface area (TPSA) is 64.6 Å². The van der Waals surface area contributed by atoms with Gasteiger partial charge in [-0.25, -0.2) is 4.39 Å². The highest BCUT2D eigenvalue weighted by Gasteiger charge is 2.21. The first kappa shape index (κ1) is 18.9. The minimum atomic E-state index is -0.704. The zero-order valence-electron chi connectivity index (χ0n) is 13.7. The molecule has 0 heterocycles. The molecular weight excluding hydrogens is 393 g/mol. The molecule has 1 N–H and O–H groups in total. The van der Waals surface area contributed by atoms with Crippen molar-refractivity contribution in [2.24, 2.45) is 0 Å². The molecule has 1 atom stereocenters. The second-order valence-corrected chi connectivity index (χ2v) is 6.12. The smallest absolute Gasteiger partial charge is 0.307 e. The maximum Gasteiger partial charge on any atom is 0.307 e. The van der Waals surface area contributed by atoms with Crippen LogP contribution in [0.15, 0.2) is 46.9 Å². The number of carbonyl (C=O) groups is 2. The van der Waals surface area contributed by atoms with Gasteiger partial charge in [-0.3, -0.25) is 9.59 Å². The van der Waals surface area contributed by atoms with Gasteiger partial charge in [0.1, 0.15) is 11.6 Å². The summed E-state index contributed by atoms with van der Waals surface area (Å²) in [6.07, 6.45) is -0.0678. The van der Waals surface area contributed by atoms with E-state index in [4.69, 9.17) is 4.74 Å². The molecule has 0 aliphatic carbocycles. The largest absolute Gasteiger partial charge is 0.497 e. The van der Waals surface area contributed by atoms with Crippen molar-refractivity contribution in [2.45, 2.75) is 12.5 Å². The number of rotatable bonds is 6. The molecule has 5 nitrogen and oxygen atoms in total. The summed E-state index contributed by atoms with van der Waals surface area (Å²) in [5.74, 6) is -1.50. The third-order valence-corrected chi connectivity index (χ3v) is 4.13.